The molecule has 0 spiro atoms. The lowest BCUT2D eigenvalue weighted by molar-refractivity contribution is 0.0659. The van der Waals surface area contributed by atoms with Crippen LogP contribution in [0, 0.1) is 13.8 Å². The number of pyridine rings is 1. The maximum absolute atomic E-state index is 11.8. The molecule has 5 nitrogen and oxygen atoms in total. The first-order chi connectivity index (χ1) is 8.49. The highest BCUT2D eigenvalue weighted by molar-refractivity contribution is 5.86. The Morgan fingerprint density at radius 1 is 1.39 bits per heavy atom. The van der Waals surface area contributed by atoms with E-state index in [9.17, 15) is 9.59 Å². The number of hydrogen-bond acceptors (Lipinski definition) is 3. The van der Waals surface area contributed by atoms with E-state index in [2.05, 4.69) is 0 Å². The van der Waals surface area contributed by atoms with E-state index in [1.807, 2.05) is 0 Å². The van der Waals surface area contributed by atoms with Gasteiger partial charge in [0.25, 0.3) is 5.56 Å². The maximum Gasteiger partial charge on any atom is 0.372 e. The average Bonchev–Trinajstić information content (AvgIpc) is 2.66. The minimum atomic E-state index is -1.10. The van der Waals surface area contributed by atoms with Crippen LogP contribution in [0.1, 0.15) is 27.4 Å². The molecule has 0 saturated heterocycles. The van der Waals surface area contributed by atoms with Crippen LogP contribution in [0.15, 0.2) is 33.6 Å². The number of carboxylic acids is 1. The molecule has 0 saturated carbocycles. The number of carbonyl (C=O) groups is 1. The van der Waals surface area contributed by atoms with Crippen molar-refractivity contribution in [2.75, 3.05) is 0 Å². The molecule has 0 unspecified atom stereocenters. The lowest BCUT2D eigenvalue weighted by Gasteiger charge is -2.03. The van der Waals surface area contributed by atoms with Crippen molar-refractivity contribution in [1.82, 2.24) is 4.57 Å². The van der Waals surface area contributed by atoms with Gasteiger partial charge in [-0.2, -0.15) is 0 Å². The zero-order chi connectivity index (χ0) is 13.3. The molecule has 94 valence electrons. The van der Waals surface area contributed by atoms with Crippen LogP contribution in [0.4, 0.5) is 0 Å². The van der Waals surface area contributed by atoms with Crippen LogP contribution in [0.2, 0.25) is 0 Å². The molecule has 1 N–H and O–H groups in total. The van der Waals surface area contributed by atoms with E-state index >= 15 is 0 Å². The van der Waals surface area contributed by atoms with Crippen LogP contribution in [0.5, 0.6) is 0 Å². The second-order valence-electron chi connectivity index (χ2n) is 4.15. The minimum Gasteiger partial charge on any atom is -0.475 e. The number of furan rings is 1. The average molecular weight is 247 g/mol. The number of hydrogen-bond donors (Lipinski definition) is 1. The third-order valence-corrected chi connectivity index (χ3v) is 2.70. The third kappa shape index (κ3) is 2.20. The van der Waals surface area contributed by atoms with Crippen LogP contribution in [0.25, 0.3) is 0 Å². The molecule has 0 fully saturated rings. The highest BCUT2D eigenvalue weighted by atomic mass is 16.4. The molecule has 0 radical (unpaired) electrons. The summed E-state index contributed by atoms with van der Waals surface area (Å²) in [4.78, 5) is 22.6. The summed E-state index contributed by atoms with van der Waals surface area (Å²) in [5.74, 6) is -0.723. The Hall–Kier alpha value is -2.30. The Morgan fingerprint density at radius 3 is 2.72 bits per heavy atom. The number of aryl methyl sites for hydroxylation is 2. The topological polar surface area (TPSA) is 72.4 Å². The van der Waals surface area contributed by atoms with Crippen molar-refractivity contribution in [2.24, 2.45) is 0 Å². The van der Waals surface area contributed by atoms with Crippen molar-refractivity contribution >= 4 is 5.97 Å². The summed E-state index contributed by atoms with van der Waals surface area (Å²) in [6.07, 6.45) is 1.65. The van der Waals surface area contributed by atoms with E-state index < -0.39 is 5.97 Å². The molecule has 0 aromatic carbocycles. The van der Waals surface area contributed by atoms with Gasteiger partial charge in [0.1, 0.15) is 5.76 Å². The molecular weight excluding hydrogens is 234 g/mol. The molecule has 2 rings (SSSR count). The van der Waals surface area contributed by atoms with Gasteiger partial charge in [-0.15, -0.1) is 0 Å². The summed E-state index contributed by atoms with van der Waals surface area (Å²) in [5.41, 5.74) is 1.08. The largest absolute Gasteiger partial charge is 0.475 e. The fourth-order valence-electron chi connectivity index (χ4n) is 1.79. The SMILES string of the molecule is Cc1cc(Cn2cccc(C)c2=O)oc1C(=O)O. The molecule has 2 aromatic heterocycles. The van der Waals surface area contributed by atoms with Crippen LogP contribution >= 0.6 is 0 Å². The highest BCUT2D eigenvalue weighted by Crippen LogP contribution is 2.15. The van der Waals surface area contributed by atoms with Gasteiger partial charge in [0.05, 0.1) is 6.54 Å². The van der Waals surface area contributed by atoms with Gasteiger partial charge in [-0.25, -0.2) is 4.79 Å². The number of carboxylic acid groups (broad SMARTS) is 1. The first kappa shape index (κ1) is 12.2. The van der Waals surface area contributed by atoms with Crippen molar-refractivity contribution in [1.29, 1.82) is 0 Å². The van der Waals surface area contributed by atoms with E-state index in [-0.39, 0.29) is 17.9 Å². The van der Waals surface area contributed by atoms with Gasteiger partial charge in [-0.3, -0.25) is 4.79 Å². The zero-order valence-electron chi connectivity index (χ0n) is 10.1. The summed E-state index contributed by atoms with van der Waals surface area (Å²) in [5, 5.41) is 8.88. The van der Waals surface area contributed by atoms with Crippen molar-refractivity contribution in [3.63, 3.8) is 0 Å². The summed E-state index contributed by atoms with van der Waals surface area (Å²) < 4.78 is 6.70. The third-order valence-electron chi connectivity index (χ3n) is 2.70. The quantitative estimate of drug-likeness (QED) is 0.897. The molecule has 0 aliphatic rings. The Morgan fingerprint density at radius 2 is 2.11 bits per heavy atom. The van der Waals surface area contributed by atoms with E-state index in [0.29, 0.717) is 16.9 Å². The summed E-state index contributed by atoms with van der Waals surface area (Å²) in [7, 11) is 0. The minimum absolute atomic E-state index is 0.0781. The normalized spacial score (nSPS) is 10.6. The summed E-state index contributed by atoms with van der Waals surface area (Å²) >= 11 is 0. The Bertz CT molecular complexity index is 651. The van der Waals surface area contributed by atoms with Gasteiger partial charge in [0.2, 0.25) is 5.76 Å². The second kappa shape index (κ2) is 4.52. The molecule has 5 heteroatoms. The standard InChI is InChI=1S/C13H13NO4/c1-8-4-3-5-14(12(8)15)7-10-6-9(2)11(18-10)13(16)17/h3-6H,7H2,1-2H3,(H,16,17). The van der Waals surface area contributed by atoms with Gasteiger partial charge < -0.3 is 14.1 Å². The Balaban J connectivity index is 2.35. The lowest BCUT2D eigenvalue weighted by Crippen LogP contribution is -2.21. The predicted molar refractivity (Wildman–Crippen MR) is 64.9 cm³/mol. The molecule has 0 atom stereocenters. The second-order valence-corrected chi connectivity index (χ2v) is 4.15. The molecule has 0 bridgehead atoms. The van der Waals surface area contributed by atoms with E-state index in [1.165, 1.54) is 4.57 Å². The zero-order valence-corrected chi connectivity index (χ0v) is 10.1. The van der Waals surface area contributed by atoms with E-state index in [1.54, 1.807) is 38.2 Å². The summed E-state index contributed by atoms with van der Waals surface area (Å²) in [6.45, 7) is 3.62. The predicted octanol–water partition coefficient (Wildman–Crippen LogP) is 1.80. The highest BCUT2D eigenvalue weighted by Gasteiger charge is 2.14. The van der Waals surface area contributed by atoms with Crippen molar-refractivity contribution in [3.8, 4) is 0 Å². The van der Waals surface area contributed by atoms with E-state index in [4.69, 9.17) is 9.52 Å². The number of aromatic nitrogens is 1. The molecule has 0 amide bonds. The van der Waals surface area contributed by atoms with E-state index in [0.717, 1.165) is 0 Å². The van der Waals surface area contributed by atoms with Gasteiger partial charge in [0, 0.05) is 17.3 Å². The van der Waals surface area contributed by atoms with Crippen LogP contribution in [-0.2, 0) is 6.54 Å². The van der Waals surface area contributed by atoms with Crippen LogP contribution in [0.3, 0.4) is 0 Å². The Kier molecular flexibility index (Phi) is 3.06. The number of aromatic carboxylic acids is 1. The van der Waals surface area contributed by atoms with Gasteiger partial charge >= 0.3 is 5.97 Å². The molecule has 0 aliphatic heterocycles. The van der Waals surface area contributed by atoms with Gasteiger partial charge in [-0.05, 0) is 26.0 Å². The first-order valence-electron chi connectivity index (χ1n) is 5.47. The Labute approximate surface area is 103 Å². The monoisotopic (exact) mass is 247 g/mol. The fraction of sp³-hybridized carbons (Fsp3) is 0.231. The van der Waals surface area contributed by atoms with Gasteiger partial charge in [0.15, 0.2) is 0 Å². The number of rotatable bonds is 3. The molecule has 2 heterocycles. The van der Waals surface area contributed by atoms with Crippen LogP contribution < -0.4 is 5.56 Å². The smallest absolute Gasteiger partial charge is 0.372 e. The van der Waals surface area contributed by atoms with Crippen LogP contribution in [-0.4, -0.2) is 15.6 Å². The molecule has 0 aliphatic carbocycles. The maximum atomic E-state index is 11.8. The summed E-state index contributed by atoms with van der Waals surface area (Å²) in [6, 6.07) is 5.14. The van der Waals surface area contributed by atoms with Crippen molar-refractivity contribution < 1.29 is 14.3 Å². The van der Waals surface area contributed by atoms with Crippen molar-refractivity contribution in [3.05, 3.63) is 57.4 Å². The first-order valence-corrected chi connectivity index (χ1v) is 5.47. The molecule has 2 aromatic rings. The molecular formula is C13H13NO4. The lowest BCUT2D eigenvalue weighted by atomic mass is 10.2. The van der Waals surface area contributed by atoms with Crippen molar-refractivity contribution in [2.45, 2.75) is 20.4 Å². The number of nitrogens with zero attached hydrogens (tertiary/aromatic N) is 1. The molecule has 18 heavy (non-hydrogen) atoms. The van der Waals surface area contributed by atoms with Gasteiger partial charge in [-0.1, -0.05) is 6.07 Å². The fourth-order valence-corrected chi connectivity index (χ4v) is 1.79.